The van der Waals surface area contributed by atoms with E-state index in [4.69, 9.17) is 0 Å². The average molecular weight is 291 g/mol. The van der Waals surface area contributed by atoms with E-state index in [1.807, 2.05) is 45.0 Å². The molecular weight excluding hydrogens is 266 g/mol. The van der Waals surface area contributed by atoms with Gasteiger partial charge < -0.3 is 15.5 Å². The minimum Gasteiger partial charge on any atom is -0.342 e. The molecule has 0 radical (unpaired) electrons. The summed E-state index contributed by atoms with van der Waals surface area (Å²) in [5, 5.41) is 6.02. The molecule has 1 unspecified atom stereocenters. The number of para-hydroxylation sites is 1. The molecule has 0 aliphatic heterocycles. The van der Waals surface area contributed by atoms with Crippen LogP contribution >= 0.6 is 0 Å². The van der Waals surface area contributed by atoms with E-state index in [2.05, 4.69) is 10.6 Å². The third-order valence-electron chi connectivity index (χ3n) is 3.37. The molecular formula is C16H25N3O2. The van der Waals surface area contributed by atoms with Gasteiger partial charge in [-0.2, -0.15) is 0 Å². The van der Waals surface area contributed by atoms with Crippen molar-refractivity contribution in [2.45, 2.75) is 40.3 Å². The van der Waals surface area contributed by atoms with Gasteiger partial charge in [-0.1, -0.05) is 18.2 Å². The van der Waals surface area contributed by atoms with Gasteiger partial charge in [0.25, 0.3) is 0 Å². The fraction of sp³-hybridized carbons (Fsp3) is 0.500. The van der Waals surface area contributed by atoms with Gasteiger partial charge >= 0.3 is 0 Å². The zero-order valence-corrected chi connectivity index (χ0v) is 13.3. The van der Waals surface area contributed by atoms with E-state index in [1.54, 1.807) is 4.90 Å². The summed E-state index contributed by atoms with van der Waals surface area (Å²) in [5.74, 6) is -0.00766. The summed E-state index contributed by atoms with van der Waals surface area (Å²) < 4.78 is 0. The number of likely N-dealkylation sites (N-methyl/N-ethyl adjacent to an activating group) is 1. The number of amides is 2. The van der Waals surface area contributed by atoms with Gasteiger partial charge in [0.2, 0.25) is 11.8 Å². The number of nitrogens with zero attached hydrogens (tertiary/aromatic N) is 1. The van der Waals surface area contributed by atoms with Crippen LogP contribution in [0.2, 0.25) is 0 Å². The second-order valence-corrected chi connectivity index (χ2v) is 4.95. The SMILES string of the molecule is CCN(CC)C(=O)C(C)NCc1ccccc1NC(C)=O. The summed E-state index contributed by atoms with van der Waals surface area (Å²) in [6.45, 7) is 9.25. The summed E-state index contributed by atoms with van der Waals surface area (Å²) in [6, 6.07) is 7.33. The normalized spacial score (nSPS) is 11.8. The molecule has 0 saturated heterocycles. The highest BCUT2D eigenvalue weighted by Gasteiger charge is 2.17. The minimum absolute atomic E-state index is 0.0945. The highest BCUT2D eigenvalue weighted by Crippen LogP contribution is 2.14. The number of benzene rings is 1. The molecule has 0 heterocycles. The van der Waals surface area contributed by atoms with Crippen LogP contribution in [-0.2, 0) is 16.1 Å². The Bertz CT molecular complexity index is 484. The van der Waals surface area contributed by atoms with Crippen molar-refractivity contribution in [3.8, 4) is 0 Å². The van der Waals surface area contributed by atoms with E-state index in [9.17, 15) is 9.59 Å². The molecule has 0 fully saturated rings. The maximum atomic E-state index is 12.2. The number of rotatable bonds is 7. The first-order valence-corrected chi connectivity index (χ1v) is 7.37. The van der Waals surface area contributed by atoms with Crippen LogP contribution in [0.1, 0.15) is 33.3 Å². The summed E-state index contributed by atoms with van der Waals surface area (Å²) in [7, 11) is 0. The van der Waals surface area contributed by atoms with Gasteiger partial charge in [-0.05, 0) is 32.4 Å². The zero-order chi connectivity index (χ0) is 15.8. The molecule has 1 aromatic carbocycles. The number of hydrogen-bond acceptors (Lipinski definition) is 3. The van der Waals surface area contributed by atoms with Gasteiger partial charge in [0, 0.05) is 32.2 Å². The third-order valence-corrected chi connectivity index (χ3v) is 3.37. The lowest BCUT2D eigenvalue weighted by Crippen LogP contribution is -2.44. The standard InChI is InChI=1S/C16H25N3O2/c1-5-19(6-2)16(21)12(3)17-11-14-9-7-8-10-15(14)18-13(4)20/h7-10,12,17H,5-6,11H2,1-4H3,(H,18,20). The molecule has 2 amide bonds. The molecule has 0 aliphatic rings. The largest absolute Gasteiger partial charge is 0.342 e. The lowest BCUT2D eigenvalue weighted by molar-refractivity contribution is -0.132. The molecule has 0 aliphatic carbocycles. The van der Waals surface area contributed by atoms with Crippen LogP contribution in [0.15, 0.2) is 24.3 Å². The number of carbonyl (C=O) groups is 2. The van der Waals surface area contributed by atoms with Crippen molar-refractivity contribution in [1.82, 2.24) is 10.2 Å². The maximum Gasteiger partial charge on any atom is 0.239 e. The van der Waals surface area contributed by atoms with Crippen LogP contribution < -0.4 is 10.6 Å². The Hall–Kier alpha value is -1.88. The fourth-order valence-electron chi connectivity index (χ4n) is 2.15. The second kappa shape index (κ2) is 8.42. The minimum atomic E-state index is -0.254. The highest BCUT2D eigenvalue weighted by atomic mass is 16.2. The lowest BCUT2D eigenvalue weighted by atomic mass is 10.1. The van der Waals surface area contributed by atoms with E-state index in [1.165, 1.54) is 6.92 Å². The monoisotopic (exact) mass is 291 g/mol. The molecule has 1 atom stereocenters. The van der Waals surface area contributed by atoms with Crippen LogP contribution in [0.4, 0.5) is 5.69 Å². The van der Waals surface area contributed by atoms with E-state index in [-0.39, 0.29) is 17.9 Å². The molecule has 2 N–H and O–H groups in total. The summed E-state index contributed by atoms with van der Waals surface area (Å²) in [5.41, 5.74) is 1.74. The summed E-state index contributed by atoms with van der Waals surface area (Å²) in [6.07, 6.45) is 0. The maximum absolute atomic E-state index is 12.2. The van der Waals surface area contributed by atoms with E-state index in [0.29, 0.717) is 19.6 Å². The fourth-order valence-corrected chi connectivity index (χ4v) is 2.15. The van der Waals surface area contributed by atoms with Gasteiger partial charge in [0.1, 0.15) is 0 Å². The molecule has 0 spiro atoms. The van der Waals surface area contributed by atoms with E-state index in [0.717, 1.165) is 11.3 Å². The van der Waals surface area contributed by atoms with Crippen molar-refractivity contribution in [2.75, 3.05) is 18.4 Å². The molecule has 5 heteroatoms. The first-order chi connectivity index (χ1) is 9.99. The highest BCUT2D eigenvalue weighted by molar-refractivity contribution is 5.89. The number of hydrogen-bond donors (Lipinski definition) is 2. The lowest BCUT2D eigenvalue weighted by Gasteiger charge is -2.23. The quantitative estimate of drug-likeness (QED) is 0.807. The molecule has 1 aromatic rings. The molecule has 5 nitrogen and oxygen atoms in total. The van der Waals surface area contributed by atoms with Crippen LogP contribution in [0.25, 0.3) is 0 Å². The Morgan fingerprint density at radius 2 is 1.81 bits per heavy atom. The van der Waals surface area contributed by atoms with Gasteiger partial charge in [-0.3, -0.25) is 9.59 Å². The Morgan fingerprint density at radius 3 is 2.38 bits per heavy atom. The molecule has 0 aromatic heterocycles. The third kappa shape index (κ3) is 5.19. The first kappa shape index (κ1) is 17.2. The Labute approximate surface area is 126 Å². The van der Waals surface area contributed by atoms with E-state index >= 15 is 0 Å². The topological polar surface area (TPSA) is 61.4 Å². The number of carbonyl (C=O) groups excluding carboxylic acids is 2. The summed E-state index contributed by atoms with van der Waals surface area (Å²) in [4.78, 5) is 25.2. The Kier molecular flexibility index (Phi) is 6.88. The van der Waals surface area contributed by atoms with Crippen LogP contribution in [0.5, 0.6) is 0 Å². The molecule has 1 rings (SSSR count). The second-order valence-electron chi connectivity index (χ2n) is 4.95. The number of anilines is 1. The summed E-state index contributed by atoms with van der Waals surface area (Å²) >= 11 is 0. The predicted octanol–water partition coefficient (Wildman–Crippen LogP) is 1.99. The Balaban J connectivity index is 2.66. The van der Waals surface area contributed by atoms with Crippen molar-refractivity contribution < 1.29 is 9.59 Å². The van der Waals surface area contributed by atoms with Crippen molar-refractivity contribution >= 4 is 17.5 Å². The molecule has 0 bridgehead atoms. The average Bonchev–Trinajstić information content (AvgIpc) is 2.46. The first-order valence-electron chi connectivity index (χ1n) is 7.37. The van der Waals surface area contributed by atoms with Crippen LogP contribution in [-0.4, -0.2) is 35.8 Å². The van der Waals surface area contributed by atoms with Crippen LogP contribution in [0.3, 0.4) is 0 Å². The molecule has 116 valence electrons. The Morgan fingerprint density at radius 1 is 1.19 bits per heavy atom. The van der Waals surface area contributed by atoms with Crippen LogP contribution in [0, 0.1) is 0 Å². The van der Waals surface area contributed by atoms with Crippen molar-refractivity contribution in [1.29, 1.82) is 0 Å². The van der Waals surface area contributed by atoms with Gasteiger partial charge in [0.05, 0.1) is 6.04 Å². The predicted molar refractivity (Wildman–Crippen MR) is 85.0 cm³/mol. The van der Waals surface area contributed by atoms with Crippen molar-refractivity contribution in [2.24, 2.45) is 0 Å². The van der Waals surface area contributed by atoms with Crippen molar-refractivity contribution in [3.63, 3.8) is 0 Å². The molecule has 21 heavy (non-hydrogen) atoms. The van der Waals surface area contributed by atoms with Gasteiger partial charge in [-0.15, -0.1) is 0 Å². The smallest absolute Gasteiger partial charge is 0.239 e. The van der Waals surface area contributed by atoms with Gasteiger partial charge in [-0.25, -0.2) is 0 Å². The molecule has 0 saturated carbocycles. The number of nitrogens with one attached hydrogen (secondary N) is 2. The van der Waals surface area contributed by atoms with Gasteiger partial charge in [0.15, 0.2) is 0 Å². The zero-order valence-electron chi connectivity index (χ0n) is 13.3. The van der Waals surface area contributed by atoms with E-state index < -0.39 is 0 Å². The van der Waals surface area contributed by atoms with Crippen molar-refractivity contribution in [3.05, 3.63) is 29.8 Å².